The zero-order valence-corrected chi connectivity index (χ0v) is 11.8. The van der Waals surface area contributed by atoms with Gasteiger partial charge in [-0.05, 0) is 29.5 Å². The molecule has 1 aliphatic carbocycles. The van der Waals surface area contributed by atoms with Crippen molar-refractivity contribution in [3.8, 4) is 11.1 Å². The van der Waals surface area contributed by atoms with E-state index in [1.54, 1.807) is 6.07 Å². The number of alkyl halides is 3. The van der Waals surface area contributed by atoms with Crippen LogP contribution in [0.2, 0.25) is 0 Å². The lowest BCUT2D eigenvalue weighted by Crippen LogP contribution is -2.05. The topological polar surface area (TPSA) is 54.7 Å². The lowest BCUT2D eigenvalue weighted by molar-refractivity contribution is -0.137. The van der Waals surface area contributed by atoms with Crippen LogP contribution in [0, 0.1) is 5.41 Å². The van der Waals surface area contributed by atoms with Gasteiger partial charge in [0.15, 0.2) is 5.82 Å². The molecule has 0 spiro atoms. The molecule has 1 aliphatic rings. The third kappa shape index (κ3) is 2.39. The fourth-order valence-electron chi connectivity index (χ4n) is 2.74. The minimum absolute atomic E-state index is 0.134. The highest BCUT2D eigenvalue weighted by Gasteiger charge is 2.49. The monoisotopic (exact) mass is 295 g/mol. The van der Waals surface area contributed by atoms with E-state index in [2.05, 4.69) is 24.0 Å². The van der Waals surface area contributed by atoms with Crippen molar-refractivity contribution in [3.05, 3.63) is 35.5 Å². The molecule has 0 bridgehead atoms. The maximum atomic E-state index is 12.8. The molecule has 2 aromatic rings. The summed E-state index contributed by atoms with van der Waals surface area (Å²) < 4.78 is 38.5. The molecule has 1 saturated carbocycles. The Balaban J connectivity index is 2.08. The first-order chi connectivity index (χ1) is 9.70. The number of H-pyrrole nitrogens is 1. The fourth-order valence-corrected chi connectivity index (χ4v) is 2.74. The Morgan fingerprint density at radius 2 is 2.00 bits per heavy atom. The Bertz CT molecular complexity index is 686. The molecule has 1 atom stereocenters. The Kier molecular flexibility index (Phi) is 2.83. The molecule has 1 aromatic heterocycles. The number of nitrogens with one attached hydrogen (secondary N) is 1. The molecule has 112 valence electrons. The van der Waals surface area contributed by atoms with Crippen molar-refractivity contribution in [2.75, 3.05) is 5.73 Å². The van der Waals surface area contributed by atoms with Crippen LogP contribution in [-0.4, -0.2) is 10.2 Å². The van der Waals surface area contributed by atoms with E-state index in [-0.39, 0.29) is 17.2 Å². The highest BCUT2D eigenvalue weighted by molar-refractivity contribution is 5.77. The van der Waals surface area contributed by atoms with Crippen LogP contribution in [0.25, 0.3) is 11.1 Å². The molecule has 3 nitrogen and oxygen atoms in total. The first-order valence-electron chi connectivity index (χ1n) is 6.71. The van der Waals surface area contributed by atoms with E-state index in [1.807, 2.05) is 0 Å². The molecule has 1 aromatic carbocycles. The Morgan fingerprint density at radius 3 is 2.57 bits per heavy atom. The summed E-state index contributed by atoms with van der Waals surface area (Å²) in [7, 11) is 0. The molecule has 1 unspecified atom stereocenters. The molecule has 3 rings (SSSR count). The van der Waals surface area contributed by atoms with E-state index in [1.165, 1.54) is 6.07 Å². The van der Waals surface area contributed by atoms with Gasteiger partial charge in [-0.15, -0.1) is 0 Å². The molecular formula is C15H16F3N3. The molecule has 6 heteroatoms. The van der Waals surface area contributed by atoms with Gasteiger partial charge >= 0.3 is 6.18 Å². The maximum Gasteiger partial charge on any atom is 0.416 e. The van der Waals surface area contributed by atoms with E-state index < -0.39 is 11.7 Å². The van der Waals surface area contributed by atoms with Gasteiger partial charge in [-0.1, -0.05) is 26.0 Å². The van der Waals surface area contributed by atoms with Crippen molar-refractivity contribution in [2.24, 2.45) is 5.41 Å². The van der Waals surface area contributed by atoms with Crippen LogP contribution >= 0.6 is 0 Å². The number of nitrogens with zero attached hydrogens (tertiary/aromatic N) is 1. The Morgan fingerprint density at radius 1 is 1.33 bits per heavy atom. The van der Waals surface area contributed by atoms with Gasteiger partial charge in [0, 0.05) is 17.2 Å². The second-order valence-corrected chi connectivity index (χ2v) is 6.22. The predicted octanol–water partition coefficient (Wildman–Crippen LogP) is 4.19. The molecular weight excluding hydrogens is 279 g/mol. The van der Waals surface area contributed by atoms with Gasteiger partial charge in [0.1, 0.15) is 0 Å². The molecule has 0 amide bonds. The summed E-state index contributed by atoms with van der Waals surface area (Å²) in [5, 5.41) is 6.88. The van der Waals surface area contributed by atoms with Crippen LogP contribution in [-0.2, 0) is 6.18 Å². The molecule has 0 aliphatic heterocycles. The van der Waals surface area contributed by atoms with Crippen molar-refractivity contribution in [3.63, 3.8) is 0 Å². The largest absolute Gasteiger partial charge is 0.416 e. The average Bonchev–Trinajstić information content (AvgIpc) is 2.85. The number of rotatable bonds is 2. The van der Waals surface area contributed by atoms with Crippen molar-refractivity contribution >= 4 is 5.82 Å². The zero-order chi connectivity index (χ0) is 15.4. The number of hydrogen-bond donors (Lipinski definition) is 2. The first-order valence-corrected chi connectivity index (χ1v) is 6.71. The molecule has 1 heterocycles. The highest BCUT2D eigenvalue weighted by Crippen LogP contribution is 2.60. The van der Waals surface area contributed by atoms with Gasteiger partial charge in [-0.3, -0.25) is 5.10 Å². The van der Waals surface area contributed by atoms with Gasteiger partial charge in [0.25, 0.3) is 0 Å². The summed E-state index contributed by atoms with van der Waals surface area (Å²) in [4.78, 5) is 0. The van der Waals surface area contributed by atoms with Crippen LogP contribution < -0.4 is 5.73 Å². The number of hydrogen-bond acceptors (Lipinski definition) is 2. The predicted molar refractivity (Wildman–Crippen MR) is 74.6 cm³/mol. The number of nitrogen functional groups attached to an aromatic ring is 1. The van der Waals surface area contributed by atoms with Crippen molar-refractivity contribution in [1.82, 2.24) is 10.2 Å². The number of halogens is 3. The van der Waals surface area contributed by atoms with E-state index in [0.29, 0.717) is 11.1 Å². The summed E-state index contributed by atoms with van der Waals surface area (Å²) in [6, 6.07) is 5.21. The van der Waals surface area contributed by atoms with Crippen LogP contribution in [0.15, 0.2) is 24.3 Å². The van der Waals surface area contributed by atoms with E-state index in [9.17, 15) is 13.2 Å². The average molecular weight is 295 g/mol. The maximum absolute atomic E-state index is 12.8. The molecule has 3 N–H and O–H groups in total. The fraction of sp³-hybridized carbons (Fsp3) is 0.400. The van der Waals surface area contributed by atoms with Gasteiger partial charge in [-0.2, -0.15) is 18.3 Å². The van der Waals surface area contributed by atoms with Crippen molar-refractivity contribution < 1.29 is 13.2 Å². The second-order valence-electron chi connectivity index (χ2n) is 6.22. The second kappa shape index (κ2) is 4.26. The smallest absolute Gasteiger partial charge is 0.382 e. The molecule has 0 radical (unpaired) electrons. The summed E-state index contributed by atoms with van der Waals surface area (Å²) in [5.41, 5.74) is 7.20. The summed E-state index contributed by atoms with van der Waals surface area (Å²) in [6.45, 7) is 4.23. The van der Waals surface area contributed by atoms with Crippen molar-refractivity contribution in [2.45, 2.75) is 32.4 Å². The Hall–Kier alpha value is -1.98. The van der Waals surface area contributed by atoms with Gasteiger partial charge < -0.3 is 5.73 Å². The van der Waals surface area contributed by atoms with Gasteiger partial charge in [-0.25, -0.2) is 0 Å². The SMILES string of the molecule is CC1(C)CC1c1[nH]nc(N)c1-c1cccc(C(F)(F)F)c1. The van der Waals surface area contributed by atoms with Crippen LogP contribution in [0.3, 0.4) is 0 Å². The highest BCUT2D eigenvalue weighted by atomic mass is 19.4. The number of aromatic amines is 1. The number of anilines is 1. The minimum Gasteiger partial charge on any atom is -0.382 e. The van der Waals surface area contributed by atoms with Gasteiger partial charge in [0.2, 0.25) is 0 Å². The van der Waals surface area contributed by atoms with E-state index in [4.69, 9.17) is 5.73 Å². The summed E-state index contributed by atoms with van der Waals surface area (Å²) in [5.74, 6) is 0.499. The van der Waals surface area contributed by atoms with Crippen LogP contribution in [0.1, 0.15) is 37.4 Å². The number of nitrogens with two attached hydrogens (primary N) is 1. The quantitative estimate of drug-likeness (QED) is 0.872. The summed E-state index contributed by atoms with van der Waals surface area (Å²) in [6.07, 6.45) is -3.39. The van der Waals surface area contributed by atoms with E-state index in [0.717, 1.165) is 24.2 Å². The van der Waals surface area contributed by atoms with Crippen molar-refractivity contribution in [1.29, 1.82) is 0 Å². The third-order valence-corrected chi connectivity index (χ3v) is 4.16. The van der Waals surface area contributed by atoms with Crippen LogP contribution in [0.5, 0.6) is 0 Å². The van der Waals surface area contributed by atoms with E-state index >= 15 is 0 Å². The third-order valence-electron chi connectivity index (χ3n) is 4.16. The first kappa shape index (κ1) is 14.0. The number of aromatic nitrogens is 2. The summed E-state index contributed by atoms with van der Waals surface area (Å²) >= 11 is 0. The zero-order valence-electron chi connectivity index (χ0n) is 11.8. The van der Waals surface area contributed by atoms with Gasteiger partial charge in [0.05, 0.1) is 5.56 Å². The van der Waals surface area contributed by atoms with Crippen LogP contribution in [0.4, 0.5) is 19.0 Å². The lowest BCUT2D eigenvalue weighted by atomic mass is 9.98. The number of benzene rings is 1. The lowest BCUT2D eigenvalue weighted by Gasteiger charge is -2.10. The molecule has 1 fully saturated rings. The standard InChI is InChI=1S/C15H16F3N3/c1-14(2)7-10(14)12-11(13(19)21-20-12)8-4-3-5-9(6-8)15(16,17)18/h3-6,10H,7H2,1-2H3,(H3,19,20,21). The molecule has 0 saturated heterocycles. The normalized spacial score (nSPS) is 20.5. The molecule has 21 heavy (non-hydrogen) atoms. The minimum atomic E-state index is -4.37. The Labute approximate surface area is 120 Å².